The molecule has 0 aromatic carbocycles. The lowest BCUT2D eigenvalue weighted by atomic mass is 10.0. The fourth-order valence-corrected chi connectivity index (χ4v) is 5.29. The van der Waals surface area contributed by atoms with Crippen LogP contribution in [0.15, 0.2) is 11.7 Å². The van der Waals surface area contributed by atoms with Gasteiger partial charge in [0.1, 0.15) is 0 Å². The van der Waals surface area contributed by atoms with Crippen molar-refractivity contribution in [2.45, 2.75) is 24.5 Å². The molecule has 2 saturated heterocycles. The number of thiazole rings is 1. The predicted octanol–water partition coefficient (Wildman–Crippen LogP) is 0.786. The molecule has 3 N–H and O–H groups in total. The summed E-state index contributed by atoms with van der Waals surface area (Å²) in [5.74, 6) is 0.808. The first-order valence-electron chi connectivity index (χ1n) is 8.17. The van der Waals surface area contributed by atoms with Gasteiger partial charge in [0.2, 0.25) is 5.91 Å². The third-order valence-electron chi connectivity index (χ3n) is 4.26. The van der Waals surface area contributed by atoms with Crippen LogP contribution in [-0.4, -0.2) is 66.1 Å². The molecule has 2 aliphatic rings. The van der Waals surface area contributed by atoms with Gasteiger partial charge in [-0.15, -0.1) is 23.7 Å². The minimum absolute atomic E-state index is 0. The van der Waals surface area contributed by atoms with Crippen molar-refractivity contribution in [3.8, 4) is 0 Å². The van der Waals surface area contributed by atoms with Crippen molar-refractivity contribution >= 4 is 41.4 Å². The summed E-state index contributed by atoms with van der Waals surface area (Å²) < 4.78 is 5.38. The van der Waals surface area contributed by atoms with Gasteiger partial charge in [-0.05, 0) is 6.92 Å². The summed E-state index contributed by atoms with van der Waals surface area (Å²) in [4.78, 5) is 19.5. The number of hydrogen-bond donors (Lipinski definition) is 3. The summed E-state index contributed by atoms with van der Waals surface area (Å²) in [7, 11) is 0. The zero-order chi connectivity index (χ0) is 17.0. The summed E-state index contributed by atoms with van der Waals surface area (Å²) in [5.41, 5.74) is 1.64. The number of thioether (sulfide) groups is 1. The summed E-state index contributed by atoms with van der Waals surface area (Å²) in [5, 5.41) is 9.52. The smallest absolute Gasteiger partial charge is 0.219 e. The Morgan fingerprint density at radius 1 is 1.48 bits per heavy atom. The number of carbonyl (C=O) groups is 1. The van der Waals surface area contributed by atoms with E-state index in [4.69, 9.17) is 4.74 Å². The molecule has 0 aliphatic carbocycles. The monoisotopic (exact) mass is 407 g/mol. The predicted molar refractivity (Wildman–Crippen MR) is 104 cm³/mol. The maximum Gasteiger partial charge on any atom is 0.219 e. The van der Waals surface area contributed by atoms with Crippen molar-refractivity contribution in [1.82, 2.24) is 25.8 Å². The molecule has 0 saturated carbocycles. The van der Waals surface area contributed by atoms with E-state index in [0.717, 1.165) is 45.1 Å². The third kappa shape index (κ3) is 5.29. The molecule has 1 amide bonds. The number of nitrogens with zero attached hydrogens (tertiary/aromatic N) is 2. The van der Waals surface area contributed by atoms with Crippen molar-refractivity contribution in [3.05, 3.63) is 16.6 Å². The molecule has 3 heterocycles. The molecule has 2 aliphatic heterocycles. The van der Waals surface area contributed by atoms with E-state index in [1.54, 1.807) is 30.0 Å². The Hall–Kier alpha value is -0.420. The molecule has 10 heteroatoms. The second-order valence-electron chi connectivity index (χ2n) is 6.35. The van der Waals surface area contributed by atoms with Crippen molar-refractivity contribution in [1.29, 1.82) is 0 Å². The molecular formula is C15H26ClN5O2S2. The maximum atomic E-state index is 11.7. The highest BCUT2D eigenvalue weighted by Crippen LogP contribution is 2.39. The number of amides is 1. The Balaban J connectivity index is 0.00000225. The van der Waals surface area contributed by atoms with Crippen LogP contribution in [0.25, 0.3) is 0 Å². The molecule has 0 radical (unpaired) electrons. The SMILES string of the molecule is CC(=O)NC1(NCCN2CCOCC2)NC(C)(c2cncs2)CS1.Cl. The van der Waals surface area contributed by atoms with E-state index in [1.165, 1.54) is 4.88 Å². The van der Waals surface area contributed by atoms with E-state index in [0.29, 0.717) is 0 Å². The summed E-state index contributed by atoms with van der Waals surface area (Å²) >= 11 is 3.33. The third-order valence-corrected chi connectivity index (χ3v) is 6.80. The average molecular weight is 408 g/mol. The number of carbonyl (C=O) groups excluding carboxylic acids is 1. The normalized spacial score (nSPS) is 30.0. The van der Waals surface area contributed by atoms with Gasteiger partial charge in [-0.2, -0.15) is 0 Å². The van der Waals surface area contributed by atoms with Gasteiger partial charge in [-0.1, -0.05) is 11.8 Å². The highest BCUT2D eigenvalue weighted by Gasteiger charge is 2.47. The van der Waals surface area contributed by atoms with Crippen molar-refractivity contribution < 1.29 is 9.53 Å². The zero-order valence-electron chi connectivity index (χ0n) is 14.5. The molecule has 0 bridgehead atoms. The van der Waals surface area contributed by atoms with Gasteiger partial charge in [0.05, 0.1) is 24.3 Å². The molecular weight excluding hydrogens is 382 g/mol. The Kier molecular flexibility index (Phi) is 7.51. The van der Waals surface area contributed by atoms with Gasteiger partial charge in [-0.3, -0.25) is 25.3 Å². The minimum Gasteiger partial charge on any atom is -0.379 e. The highest BCUT2D eigenvalue weighted by atomic mass is 35.5. The van der Waals surface area contributed by atoms with Crippen LogP contribution in [0.3, 0.4) is 0 Å². The van der Waals surface area contributed by atoms with Crippen LogP contribution in [0.1, 0.15) is 18.7 Å². The second kappa shape index (κ2) is 8.98. The van der Waals surface area contributed by atoms with Crippen LogP contribution in [0.5, 0.6) is 0 Å². The fourth-order valence-electron chi connectivity index (χ4n) is 3.00. The number of ether oxygens (including phenoxy) is 1. The van der Waals surface area contributed by atoms with E-state index >= 15 is 0 Å². The van der Waals surface area contributed by atoms with Gasteiger partial charge in [0.15, 0.2) is 5.12 Å². The zero-order valence-corrected chi connectivity index (χ0v) is 17.0. The fraction of sp³-hybridized carbons (Fsp3) is 0.733. The number of nitrogens with one attached hydrogen (secondary N) is 3. The summed E-state index contributed by atoms with van der Waals surface area (Å²) in [6.07, 6.45) is 1.90. The lowest BCUT2D eigenvalue weighted by Crippen LogP contribution is -2.66. The van der Waals surface area contributed by atoms with Gasteiger partial charge in [0, 0.05) is 49.9 Å². The largest absolute Gasteiger partial charge is 0.379 e. The molecule has 2 atom stereocenters. The molecule has 142 valence electrons. The molecule has 2 unspecified atom stereocenters. The Morgan fingerprint density at radius 2 is 2.24 bits per heavy atom. The average Bonchev–Trinajstić information content (AvgIpc) is 3.18. The minimum atomic E-state index is -0.642. The quantitative estimate of drug-likeness (QED) is 0.601. The molecule has 2 fully saturated rings. The molecule has 0 spiro atoms. The first kappa shape index (κ1) is 20.9. The lowest BCUT2D eigenvalue weighted by Gasteiger charge is -2.35. The maximum absolute atomic E-state index is 11.7. The summed E-state index contributed by atoms with van der Waals surface area (Å²) in [6.45, 7) is 8.96. The number of rotatable bonds is 6. The number of aromatic nitrogens is 1. The topological polar surface area (TPSA) is 78.5 Å². The number of halogens is 1. The molecule has 7 nitrogen and oxygen atoms in total. The van der Waals surface area contributed by atoms with Crippen LogP contribution in [-0.2, 0) is 15.1 Å². The summed E-state index contributed by atoms with van der Waals surface area (Å²) in [6, 6.07) is 0. The number of morpholine rings is 1. The molecule has 25 heavy (non-hydrogen) atoms. The first-order chi connectivity index (χ1) is 11.5. The van der Waals surface area contributed by atoms with Gasteiger partial charge in [-0.25, -0.2) is 0 Å². The molecule has 1 aromatic rings. The van der Waals surface area contributed by atoms with Gasteiger partial charge >= 0.3 is 0 Å². The van der Waals surface area contributed by atoms with E-state index in [2.05, 4.69) is 32.8 Å². The Bertz CT molecular complexity index is 558. The molecule has 1 aromatic heterocycles. The highest BCUT2D eigenvalue weighted by molar-refractivity contribution is 8.00. The van der Waals surface area contributed by atoms with Crippen molar-refractivity contribution in [2.75, 3.05) is 45.1 Å². The van der Waals surface area contributed by atoms with E-state index in [-0.39, 0.29) is 23.9 Å². The van der Waals surface area contributed by atoms with Gasteiger partial charge < -0.3 is 10.1 Å². The van der Waals surface area contributed by atoms with Crippen molar-refractivity contribution in [2.24, 2.45) is 0 Å². The van der Waals surface area contributed by atoms with Crippen LogP contribution in [0, 0.1) is 0 Å². The molecule has 3 rings (SSSR count). The Labute approximate surface area is 163 Å². The van der Waals surface area contributed by atoms with Crippen LogP contribution < -0.4 is 16.0 Å². The number of hydrogen-bond acceptors (Lipinski definition) is 8. The standard InChI is InChI=1S/C15H25N5O2S2.ClH/c1-12(21)18-15(17-3-4-20-5-7-22-8-6-20)19-14(2,10-24-15)13-9-16-11-23-13;/h9,11,17,19H,3-8,10H2,1-2H3,(H,18,21);1H. The van der Waals surface area contributed by atoms with Crippen LogP contribution >= 0.6 is 35.5 Å². The van der Waals surface area contributed by atoms with E-state index < -0.39 is 5.12 Å². The second-order valence-corrected chi connectivity index (χ2v) is 8.43. The van der Waals surface area contributed by atoms with E-state index in [9.17, 15) is 4.79 Å². The Morgan fingerprint density at radius 3 is 2.88 bits per heavy atom. The van der Waals surface area contributed by atoms with E-state index in [1.807, 2.05) is 11.7 Å². The van der Waals surface area contributed by atoms with Gasteiger partial charge in [0.25, 0.3) is 0 Å². The van der Waals surface area contributed by atoms with Crippen LogP contribution in [0.2, 0.25) is 0 Å². The first-order valence-corrected chi connectivity index (χ1v) is 10.0. The van der Waals surface area contributed by atoms with Crippen molar-refractivity contribution in [3.63, 3.8) is 0 Å². The lowest BCUT2D eigenvalue weighted by molar-refractivity contribution is -0.120. The van der Waals surface area contributed by atoms with Crippen LogP contribution in [0.4, 0.5) is 0 Å².